The monoisotopic (exact) mass is 560 g/mol. The van der Waals surface area contributed by atoms with Crippen molar-refractivity contribution in [2.45, 2.75) is 45.1 Å². The van der Waals surface area contributed by atoms with Crippen molar-refractivity contribution in [3.8, 4) is 11.3 Å². The Labute approximate surface area is 226 Å². The van der Waals surface area contributed by atoms with E-state index in [1.807, 2.05) is 0 Å². The minimum atomic E-state index is -4.62. The fourth-order valence-corrected chi connectivity index (χ4v) is 4.51. The van der Waals surface area contributed by atoms with Gasteiger partial charge in [-0.3, -0.25) is 9.88 Å². The molecule has 1 N–H and O–H groups in total. The van der Waals surface area contributed by atoms with E-state index < -0.39 is 23.5 Å². The van der Waals surface area contributed by atoms with Crippen molar-refractivity contribution >= 4 is 22.5 Å². The third-order valence-electron chi connectivity index (χ3n) is 6.56. The lowest BCUT2D eigenvalue weighted by Crippen LogP contribution is -2.27. The fourth-order valence-electron chi connectivity index (χ4n) is 4.51. The molecular formula is C28H26F6N6. The number of alkyl halides is 6. The van der Waals surface area contributed by atoms with Crippen molar-refractivity contribution in [1.82, 2.24) is 24.8 Å². The standard InChI is InChI=1S/C28H26F6N6/c1-2-12-40(15-17-5-6-17)16-23-38-22-13-18(24-21(28(32,33)34)4-3-11-35-24)14-36-25(22)26(39-23)37-20-9-7-19(8-10-20)27(29,30)31/h3-4,7-11,13-14,17H,2,5-6,12,15-16H2,1H3,(H,37,38,39). The van der Waals surface area contributed by atoms with Gasteiger partial charge in [0, 0.05) is 30.2 Å². The second kappa shape index (κ2) is 11.0. The highest BCUT2D eigenvalue weighted by Gasteiger charge is 2.34. The van der Waals surface area contributed by atoms with Gasteiger partial charge in [0.25, 0.3) is 0 Å². The largest absolute Gasteiger partial charge is 0.418 e. The first-order chi connectivity index (χ1) is 19.0. The summed E-state index contributed by atoms with van der Waals surface area (Å²) >= 11 is 0. The number of nitrogens with one attached hydrogen (secondary N) is 1. The van der Waals surface area contributed by atoms with Gasteiger partial charge < -0.3 is 5.32 Å². The summed E-state index contributed by atoms with van der Waals surface area (Å²) in [6.07, 6.45) is -3.31. The number of pyridine rings is 2. The lowest BCUT2D eigenvalue weighted by molar-refractivity contribution is -0.138. The molecule has 1 fully saturated rings. The average Bonchev–Trinajstić information content (AvgIpc) is 3.72. The number of aromatic nitrogens is 4. The Morgan fingerprint density at radius 3 is 2.35 bits per heavy atom. The van der Waals surface area contributed by atoms with Crippen molar-refractivity contribution in [3.63, 3.8) is 0 Å². The Balaban J connectivity index is 1.56. The van der Waals surface area contributed by atoms with E-state index in [9.17, 15) is 26.3 Å². The van der Waals surface area contributed by atoms with Crippen LogP contribution in [0, 0.1) is 5.92 Å². The number of halogens is 6. The molecule has 12 heteroatoms. The number of fused-ring (bicyclic) bond motifs is 1. The SMILES string of the molecule is CCCN(Cc1nc(Nc2ccc(C(F)(F)F)cc2)c2ncc(-c3ncccc3C(F)(F)F)cc2n1)CC1CC1. The predicted molar refractivity (Wildman–Crippen MR) is 139 cm³/mol. The molecule has 1 aromatic carbocycles. The van der Waals surface area contributed by atoms with Gasteiger partial charge in [-0.05, 0) is 74.2 Å². The van der Waals surface area contributed by atoms with E-state index in [4.69, 9.17) is 0 Å². The van der Waals surface area contributed by atoms with Crippen LogP contribution in [0.25, 0.3) is 22.3 Å². The van der Waals surface area contributed by atoms with Gasteiger partial charge in [-0.15, -0.1) is 0 Å². The van der Waals surface area contributed by atoms with Crippen LogP contribution in [0.3, 0.4) is 0 Å². The normalized spacial score (nSPS) is 14.2. The molecule has 4 aromatic rings. The molecule has 1 aliphatic carbocycles. The van der Waals surface area contributed by atoms with E-state index in [0.717, 1.165) is 37.7 Å². The lowest BCUT2D eigenvalue weighted by Gasteiger charge is -2.21. The minimum Gasteiger partial charge on any atom is -0.338 e. The second-order valence-electron chi connectivity index (χ2n) is 9.86. The zero-order valence-corrected chi connectivity index (χ0v) is 21.5. The van der Waals surface area contributed by atoms with Crippen molar-refractivity contribution in [2.24, 2.45) is 5.92 Å². The highest BCUT2D eigenvalue weighted by molar-refractivity contribution is 5.89. The zero-order valence-electron chi connectivity index (χ0n) is 21.5. The Morgan fingerprint density at radius 1 is 0.950 bits per heavy atom. The number of rotatable bonds is 9. The molecule has 0 radical (unpaired) electrons. The van der Waals surface area contributed by atoms with Crippen LogP contribution >= 0.6 is 0 Å². The molecule has 6 nitrogen and oxygen atoms in total. The van der Waals surface area contributed by atoms with E-state index in [2.05, 4.69) is 37.1 Å². The summed E-state index contributed by atoms with van der Waals surface area (Å²) in [5, 5.41) is 3.02. The molecular weight excluding hydrogens is 534 g/mol. The maximum absolute atomic E-state index is 13.7. The summed E-state index contributed by atoms with van der Waals surface area (Å²) < 4.78 is 80.1. The first kappa shape index (κ1) is 27.8. The van der Waals surface area contributed by atoms with Gasteiger partial charge in [-0.2, -0.15) is 26.3 Å². The number of hydrogen-bond acceptors (Lipinski definition) is 6. The molecule has 1 saturated carbocycles. The first-order valence-corrected chi connectivity index (χ1v) is 12.9. The van der Waals surface area contributed by atoms with Gasteiger partial charge in [0.1, 0.15) is 11.3 Å². The minimum absolute atomic E-state index is 0.133. The number of benzene rings is 1. The number of nitrogens with zero attached hydrogens (tertiary/aromatic N) is 5. The molecule has 0 saturated heterocycles. The smallest absolute Gasteiger partial charge is 0.338 e. The van der Waals surface area contributed by atoms with E-state index in [1.54, 1.807) is 0 Å². The molecule has 0 aliphatic heterocycles. The molecule has 40 heavy (non-hydrogen) atoms. The van der Waals surface area contributed by atoms with Crippen molar-refractivity contribution in [2.75, 3.05) is 18.4 Å². The first-order valence-electron chi connectivity index (χ1n) is 12.9. The molecule has 1 aliphatic rings. The third kappa shape index (κ3) is 6.49. The van der Waals surface area contributed by atoms with Crippen LogP contribution in [-0.4, -0.2) is 37.9 Å². The topological polar surface area (TPSA) is 66.8 Å². The molecule has 5 rings (SSSR count). The maximum atomic E-state index is 13.7. The Bertz CT molecular complexity index is 1480. The number of anilines is 2. The van der Waals surface area contributed by atoms with E-state index in [-0.39, 0.29) is 22.6 Å². The summed E-state index contributed by atoms with van der Waals surface area (Å²) in [5.41, 5.74) is -0.929. The van der Waals surface area contributed by atoms with E-state index >= 15 is 0 Å². The van der Waals surface area contributed by atoms with Gasteiger partial charge in [0.2, 0.25) is 0 Å². The Kier molecular flexibility index (Phi) is 7.63. The summed E-state index contributed by atoms with van der Waals surface area (Å²) in [6, 6.07) is 8.13. The molecule has 210 valence electrons. The molecule has 0 amide bonds. The van der Waals surface area contributed by atoms with Crippen molar-refractivity contribution in [1.29, 1.82) is 0 Å². The zero-order chi connectivity index (χ0) is 28.5. The Hall–Kier alpha value is -3.80. The third-order valence-corrected chi connectivity index (χ3v) is 6.56. The summed E-state index contributed by atoms with van der Waals surface area (Å²) in [7, 11) is 0. The molecule has 3 heterocycles. The van der Waals surface area contributed by atoms with Gasteiger partial charge in [-0.1, -0.05) is 6.92 Å². The van der Waals surface area contributed by atoms with E-state index in [0.29, 0.717) is 29.5 Å². The molecule has 0 spiro atoms. The highest BCUT2D eigenvalue weighted by atomic mass is 19.4. The van der Waals surface area contributed by atoms with Crippen molar-refractivity contribution in [3.05, 3.63) is 71.8 Å². The fraction of sp³-hybridized carbons (Fsp3) is 0.357. The summed E-state index contributed by atoms with van der Waals surface area (Å²) in [4.78, 5) is 19.8. The molecule has 0 unspecified atom stereocenters. The summed E-state index contributed by atoms with van der Waals surface area (Å²) in [6.45, 7) is 4.18. The lowest BCUT2D eigenvalue weighted by atomic mass is 10.1. The van der Waals surface area contributed by atoms with Crippen LogP contribution in [0.15, 0.2) is 54.9 Å². The van der Waals surface area contributed by atoms with E-state index in [1.165, 1.54) is 49.5 Å². The predicted octanol–water partition coefficient (Wildman–Crippen LogP) is 7.49. The average molecular weight is 561 g/mol. The van der Waals surface area contributed by atoms with Gasteiger partial charge in [-0.25, -0.2) is 15.0 Å². The molecule has 0 bridgehead atoms. The number of hydrogen-bond donors (Lipinski definition) is 1. The maximum Gasteiger partial charge on any atom is 0.418 e. The van der Waals surface area contributed by atoms with Crippen LogP contribution < -0.4 is 5.32 Å². The van der Waals surface area contributed by atoms with Crippen LogP contribution in [0.4, 0.5) is 37.8 Å². The second-order valence-corrected chi connectivity index (χ2v) is 9.86. The quantitative estimate of drug-likeness (QED) is 0.214. The van der Waals surface area contributed by atoms with Crippen molar-refractivity contribution < 1.29 is 26.3 Å². The van der Waals surface area contributed by atoms with Gasteiger partial charge in [0.05, 0.1) is 28.9 Å². The van der Waals surface area contributed by atoms with Crippen LogP contribution in [-0.2, 0) is 18.9 Å². The van der Waals surface area contributed by atoms with Crippen LogP contribution in [0.5, 0.6) is 0 Å². The molecule has 0 atom stereocenters. The van der Waals surface area contributed by atoms with Gasteiger partial charge in [0.15, 0.2) is 5.82 Å². The molecule has 3 aromatic heterocycles. The summed E-state index contributed by atoms with van der Waals surface area (Å²) in [5.74, 6) is 1.29. The highest BCUT2D eigenvalue weighted by Crippen LogP contribution is 2.37. The van der Waals surface area contributed by atoms with Crippen LogP contribution in [0.1, 0.15) is 43.1 Å². The Morgan fingerprint density at radius 2 is 1.70 bits per heavy atom. The van der Waals surface area contributed by atoms with Gasteiger partial charge >= 0.3 is 12.4 Å². The van der Waals surface area contributed by atoms with Crippen LogP contribution in [0.2, 0.25) is 0 Å².